The summed E-state index contributed by atoms with van der Waals surface area (Å²) in [6, 6.07) is 7.89. The van der Waals surface area contributed by atoms with E-state index in [1.54, 1.807) is 0 Å². The molecule has 0 amide bonds. The lowest BCUT2D eigenvalue weighted by molar-refractivity contribution is 0.0930. The second-order valence-electron chi connectivity index (χ2n) is 5.75. The smallest absolute Gasteiger partial charge is 0.174 e. The molecule has 0 spiro atoms. The van der Waals surface area contributed by atoms with E-state index in [1.807, 2.05) is 31.2 Å². The van der Waals surface area contributed by atoms with Gasteiger partial charge >= 0.3 is 0 Å². The summed E-state index contributed by atoms with van der Waals surface area (Å²) in [5.74, 6) is 0.152. The first kappa shape index (κ1) is 17.8. The number of thiocarbonyl (C=S) groups is 1. The highest BCUT2D eigenvalue weighted by molar-refractivity contribution is 7.80. The number of ketones is 1. The first-order valence-corrected chi connectivity index (χ1v) is 8.20. The molecule has 0 fully saturated rings. The Kier molecular flexibility index (Phi) is 7.58. The number of ether oxygens (including phenoxy) is 1. The molecule has 116 valence electrons. The van der Waals surface area contributed by atoms with Gasteiger partial charge in [0.25, 0.3) is 0 Å². The van der Waals surface area contributed by atoms with Crippen molar-refractivity contribution in [2.75, 3.05) is 6.61 Å². The number of hydrogen-bond donors (Lipinski definition) is 0. The van der Waals surface area contributed by atoms with Gasteiger partial charge in [0.2, 0.25) is 0 Å². The Bertz CT molecular complexity index is 463. The van der Waals surface area contributed by atoms with Crippen molar-refractivity contribution in [3.05, 3.63) is 35.4 Å². The monoisotopic (exact) mass is 306 g/mol. The van der Waals surface area contributed by atoms with Crippen molar-refractivity contribution in [3.8, 4) is 0 Å². The molecule has 0 heterocycles. The van der Waals surface area contributed by atoms with Gasteiger partial charge in [0.05, 0.1) is 12.5 Å². The number of rotatable bonds is 8. The number of Topliss-reactive ketones (excluding diaryl/α,β-unsaturated/α-hetero) is 1. The maximum atomic E-state index is 12.7. The Hall–Kier alpha value is -1.22. The molecule has 0 bridgehead atoms. The molecule has 0 N–H and O–H groups in total. The first-order valence-electron chi connectivity index (χ1n) is 7.79. The Balaban J connectivity index is 2.90. The maximum Gasteiger partial charge on any atom is 0.174 e. The maximum absolute atomic E-state index is 12.7. The number of carbonyl (C=O) groups is 1. The predicted octanol–water partition coefficient (Wildman–Crippen LogP) is 4.85. The molecule has 1 rings (SSSR count). The van der Waals surface area contributed by atoms with E-state index in [1.165, 1.54) is 5.56 Å². The Morgan fingerprint density at radius 1 is 1.19 bits per heavy atom. The SMILES string of the molecule is CCCc1ccc(C(=O)C(CC(C)C)C(=S)OCC)cc1. The molecule has 21 heavy (non-hydrogen) atoms. The molecule has 0 aromatic heterocycles. The van der Waals surface area contributed by atoms with Crippen molar-refractivity contribution < 1.29 is 9.53 Å². The average Bonchev–Trinajstić information content (AvgIpc) is 2.45. The van der Waals surface area contributed by atoms with Gasteiger partial charge in [-0.25, -0.2) is 0 Å². The van der Waals surface area contributed by atoms with Crippen molar-refractivity contribution in [2.24, 2.45) is 11.8 Å². The summed E-state index contributed by atoms with van der Waals surface area (Å²) in [5.41, 5.74) is 1.99. The quantitative estimate of drug-likeness (QED) is 0.507. The van der Waals surface area contributed by atoms with Crippen molar-refractivity contribution in [3.63, 3.8) is 0 Å². The highest BCUT2D eigenvalue weighted by Gasteiger charge is 2.26. The molecule has 1 unspecified atom stereocenters. The van der Waals surface area contributed by atoms with E-state index in [9.17, 15) is 4.79 Å². The highest BCUT2D eigenvalue weighted by Crippen LogP contribution is 2.21. The van der Waals surface area contributed by atoms with Crippen LogP contribution in [-0.2, 0) is 11.2 Å². The summed E-state index contributed by atoms with van der Waals surface area (Å²) >= 11 is 5.29. The topological polar surface area (TPSA) is 26.3 Å². The van der Waals surface area contributed by atoms with Gasteiger partial charge in [-0.3, -0.25) is 4.79 Å². The minimum Gasteiger partial charge on any atom is -0.487 e. The molecule has 0 saturated carbocycles. The molecule has 0 radical (unpaired) electrons. The van der Waals surface area contributed by atoms with E-state index in [0.717, 1.165) is 24.8 Å². The van der Waals surface area contributed by atoms with E-state index >= 15 is 0 Å². The lowest BCUT2D eigenvalue weighted by atomic mass is 9.89. The third-order valence-corrected chi connectivity index (χ3v) is 3.77. The molecule has 1 aromatic carbocycles. The minimum atomic E-state index is -0.322. The van der Waals surface area contributed by atoms with Gasteiger partial charge in [0.1, 0.15) is 0 Å². The van der Waals surface area contributed by atoms with Gasteiger partial charge in [-0.15, -0.1) is 0 Å². The minimum absolute atomic E-state index is 0.0743. The Morgan fingerprint density at radius 3 is 2.29 bits per heavy atom. The fourth-order valence-corrected chi connectivity index (χ4v) is 2.67. The van der Waals surface area contributed by atoms with Crippen LogP contribution in [0.2, 0.25) is 0 Å². The zero-order valence-corrected chi connectivity index (χ0v) is 14.3. The normalized spacial score (nSPS) is 12.2. The molecule has 0 aliphatic rings. The fourth-order valence-electron chi connectivity index (χ4n) is 2.35. The standard InChI is InChI=1S/C18H26O2S/c1-5-7-14-8-10-15(11-9-14)17(19)16(12-13(3)4)18(21)20-6-2/h8-11,13,16H,5-7,12H2,1-4H3. The number of carbonyl (C=O) groups excluding carboxylic acids is 1. The van der Waals surface area contributed by atoms with Crippen molar-refractivity contribution in [2.45, 2.75) is 47.0 Å². The van der Waals surface area contributed by atoms with Gasteiger partial charge in [-0.05, 0) is 43.5 Å². The van der Waals surface area contributed by atoms with Crippen molar-refractivity contribution in [1.82, 2.24) is 0 Å². The summed E-state index contributed by atoms with van der Waals surface area (Å²) in [7, 11) is 0. The van der Waals surface area contributed by atoms with Crippen molar-refractivity contribution >= 4 is 23.1 Å². The zero-order chi connectivity index (χ0) is 15.8. The van der Waals surface area contributed by atoms with Gasteiger partial charge < -0.3 is 4.74 Å². The van der Waals surface area contributed by atoms with E-state index in [2.05, 4.69) is 20.8 Å². The van der Waals surface area contributed by atoms with Crippen LogP contribution >= 0.6 is 12.2 Å². The van der Waals surface area contributed by atoms with E-state index in [-0.39, 0.29) is 11.7 Å². The van der Waals surface area contributed by atoms with E-state index in [4.69, 9.17) is 17.0 Å². The predicted molar refractivity (Wildman–Crippen MR) is 91.9 cm³/mol. The molecule has 2 nitrogen and oxygen atoms in total. The van der Waals surface area contributed by atoms with Crippen LogP contribution in [0.4, 0.5) is 0 Å². The summed E-state index contributed by atoms with van der Waals surface area (Å²) in [6.07, 6.45) is 2.88. The molecule has 1 aromatic rings. The highest BCUT2D eigenvalue weighted by atomic mass is 32.1. The molecular weight excluding hydrogens is 280 g/mol. The number of aryl methyl sites for hydroxylation is 1. The average molecular weight is 306 g/mol. The van der Waals surface area contributed by atoms with Crippen LogP contribution in [-0.4, -0.2) is 17.4 Å². The number of hydrogen-bond acceptors (Lipinski definition) is 3. The summed E-state index contributed by atoms with van der Waals surface area (Å²) in [4.78, 5) is 12.7. The van der Waals surface area contributed by atoms with Crippen LogP contribution in [0.25, 0.3) is 0 Å². The van der Waals surface area contributed by atoms with Crippen LogP contribution in [0.5, 0.6) is 0 Å². The molecular formula is C18H26O2S. The molecule has 0 aliphatic carbocycles. The Morgan fingerprint density at radius 2 is 1.81 bits per heavy atom. The van der Waals surface area contributed by atoms with Crippen LogP contribution in [0.15, 0.2) is 24.3 Å². The number of benzene rings is 1. The second-order valence-corrected chi connectivity index (χ2v) is 6.15. The third kappa shape index (κ3) is 5.58. The lowest BCUT2D eigenvalue weighted by Crippen LogP contribution is -2.26. The first-order chi connectivity index (χ1) is 9.99. The second kappa shape index (κ2) is 8.93. The van der Waals surface area contributed by atoms with Gasteiger partial charge in [-0.1, -0.05) is 51.5 Å². The van der Waals surface area contributed by atoms with Gasteiger partial charge in [-0.2, -0.15) is 0 Å². The van der Waals surface area contributed by atoms with Crippen LogP contribution in [0.3, 0.4) is 0 Å². The summed E-state index contributed by atoms with van der Waals surface area (Å²) < 4.78 is 5.42. The molecule has 1 atom stereocenters. The molecule has 0 aliphatic heterocycles. The summed E-state index contributed by atoms with van der Waals surface area (Å²) in [6.45, 7) is 8.75. The van der Waals surface area contributed by atoms with Crippen LogP contribution < -0.4 is 0 Å². The lowest BCUT2D eigenvalue weighted by Gasteiger charge is -2.19. The molecule has 3 heteroatoms. The zero-order valence-electron chi connectivity index (χ0n) is 13.5. The van der Waals surface area contributed by atoms with E-state index < -0.39 is 0 Å². The van der Waals surface area contributed by atoms with Gasteiger partial charge in [0, 0.05) is 5.56 Å². The van der Waals surface area contributed by atoms with E-state index in [0.29, 0.717) is 17.6 Å². The summed E-state index contributed by atoms with van der Waals surface area (Å²) in [5, 5.41) is 0.425. The largest absolute Gasteiger partial charge is 0.487 e. The Labute approximate surface area is 133 Å². The molecule has 0 saturated heterocycles. The fraction of sp³-hybridized carbons (Fsp3) is 0.556. The van der Waals surface area contributed by atoms with Crippen molar-refractivity contribution in [1.29, 1.82) is 0 Å². The van der Waals surface area contributed by atoms with Crippen LogP contribution in [0.1, 0.15) is 56.5 Å². The third-order valence-electron chi connectivity index (χ3n) is 3.37. The van der Waals surface area contributed by atoms with Crippen LogP contribution in [0, 0.1) is 11.8 Å². The van der Waals surface area contributed by atoms with Gasteiger partial charge in [0.15, 0.2) is 10.8 Å².